The van der Waals surface area contributed by atoms with Crippen molar-refractivity contribution in [3.8, 4) is 11.5 Å². The van der Waals surface area contributed by atoms with E-state index in [0.717, 1.165) is 11.1 Å². The zero-order valence-electron chi connectivity index (χ0n) is 15.0. The van der Waals surface area contributed by atoms with Gasteiger partial charge in [-0.15, -0.1) is 0 Å². The van der Waals surface area contributed by atoms with Crippen LogP contribution in [0.25, 0.3) is 0 Å². The van der Waals surface area contributed by atoms with E-state index in [4.69, 9.17) is 15.2 Å². The van der Waals surface area contributed by atoms with Crippen LogP contribution in [0.2, 0.25) is 0 Å². The van der Waals surface area contributed by atoms with Crippen LogP contribution in [0.15, 0.2) is 48.5 Å². The zero-order chi connectivity index (χ0) is 18.2. The van der Waals surface area contributed by atoms with E-state index >= 15 is 0 Å². The van der Waals surface area contributed by atoms with Crippen molar-refractivity contribution in [3.05, 3.63) is 59.7 Å². The Morgan fingerprint density at radius 1 is 1.16 bits per heavy atom. The van der Waals surface area contributed by atoms with Crippen LogP contribution in [-0.4, -0.2) is 19.6 Å². The van der Waals surface area contributed by atoms with Gasteiger partial charge < -0.3 is 20.5 Å². The Labute approximate surface area is 149 Å². The van der Waals surface area contributed by atoms with Gasteiger partial charge in [0.1, 0.15) is 0 Å². The minimum absolute atomic E-state index is 0.0786. The fourth-order valence-corrected chi connectivity index (χ4v) is 2.58. The molecule has 0 fully saturated rings. The minimum atomic E-state index is -0.337. The number of carbonyl (C=O) groups excluding carboxylic acids is 1. The molecule has 0 heterocycles. The predicted molar refractivity (Wildman–Crippen MR) is 98.5 cm³/mol. The second kappa shape index (κ2) is 9.08. The molecular formula is C20H26N2O3. The van der Waals surface area contributed by atoms with Crippen molar-refractivity contribution < 1.29 is 14.3 Å². The van der Waals surface area contributed by atoms with Crippen molar-refractivity contribution in [3.63, 3.8) is 0 Å². The molecule has 0 saturated carbocycles. The molecule has 0 aromatic heterocycles. The van der Waals surface area contributed by atoms with E-state index in [1.807, 2.05) is 62.4 Å². The largest absolute Gasteiger partial charge is 0.493 e. The molecule has 2 unspecified atom stereocenters. The molecule has 0 radical (unpaired) electrons. The predicted octanol–water partition coefficient (Wildman–Crippen LogP) is 3.05. The van der Waals surface area contributed by atoms with Crippen LogP contribution in [0, 0.1) is 5.92 Å². The van der Waals surface area contributed by atoms with Gasteiger partial charge in [-0.05, 0) is 30.2 Å². The summed E-state index contributed by atoms with van der Waals surface area (Å²) in [7, 11) is 1.60. The van der Waals surface area contributed by atoms with Crippen LogP contribution in [-0.2, 0) is 11.3 Å². The molecule has 0 spiro atoms. The topological polar surface area (TPSA) is 73.6 Å². The summed E-state index contributed by atoms with van der Waals surface area (Å²) in [5.41, 5.74) is 8.11. The van der Waals surface area contributed by atoms with Gasteiger partial charge in [0.15, 0.2) is 11.5 Å². The molecule has 5 nitrogen and oxygen atoms in total. The standard InChI is InChI=1S/C20H26N2O3/c1-4-25-18-12-15(10-11-17(18)24-3)13-22-20(23)14(2)19(21)16-8-6-5-7-9-16/h5-12,14,19H,4,13,21H2,1-3H3,(H,22,23). The Morgan fingerprint density at radius 2 is 1.88 bits per heavy atom. The molecule has 3 N–H and O–H groups in total. The number of rotatable bonds is 8. The summed E-state index contributed by atoms with van der Waals surface area (Å²) in [5.74, 6) is 0.944. The smallest absolute Gasteiger partial charge is 0.225 e. The third kappa shape index (κ3) is 4.97. The van der Waals surface area contributed by atoms with Gasteiger partial charge in [-0.25, -0.2) is 0 Å². The zero-order valence-corrected chi connectivity index (χ0v) is 15.0. The number of nitrogens with one attached hydrogen (secondary N) is 1. The summed E-state index contributed by atoms with van der Waals surface area (Å²) in [6, 6.07) is 14.9. The third-order valence-electron chi connectivity index (χ3n) is 4.13. The molecule has 0 aliphatic carbocycles. The van der Waals surface area contributed by atoms with E-state index < -0.39 is 0 Å². The fraction of sp³-hybridized carbons (Fsp3) is 0.350. The molecule has 134 valence electrons. The number of hydrogen-bond donors (Lipinski definition) is 2. The molecule has 2 aromatic rings. The summed E-state index contributed by atoms with van der Waals surface area (Å²) in [6.07, 6.45) is 0. The number of amides is 1. The average molecular weight is 342 g/mol. The first-order valence-electron chi connectivity index (χ1n) is 8.44. The van der Waals surface area contributed by atoms with Crippen molar-refractivity contribution in [2.24, 2.45) is 11.7 Å². The number of carbonyl (C=O) groups is 1. The molecule has 2 atom stereocenters. The molecule has 5 heteroatoms. The van der Waals surface area contributed by atoms with E-state index in [2.05, 4.69) is 5.32 Å². The van der Waals surface area contributed by atoms with Gasteiger partial charge >= 0.3 is 0 Å². The van der Waals surface area contributed by atoms with E-state index in [0.29, 0.717) is 24.7 Å². The Kier molecular flexibility index (Phi) is 6.83. The highest BCUT2D eigenvalue weighted by atomic mass is 16.5. The summed E-state index contributed by atoms with van der Waals surface area (Å²) in [6.45, 7) is 4.72. The van der Waals surface area contributed by atoms with Gasteiger partial charge in [0, 0.05) is 12.6 Å². The highest BCUT2D eigenvalue weighted by molar-refractivity contribution is 5.79. The van der Waals surface area contributed by atoms with Gasteiger partial charge in [0.05, 0.1) is 19.6 Å². The molecule has 0 aliphatic rings. The lowest BCUT2D eigenvalue weighted by molar-refractivity contribution is -0.125. The Morgan fingerprint density at radius 3 is 2.52 bits per heavy atom. The van der Waals surface area contributed by atoms with E-state index in [1.165, 1.54) is 0 Å². The Balaban J connectivity index is 1.98. The van der Waals surface area contributed by atoms with Gasteiger partial charge in [0.25, 0.3) is 0 Å². The average Bonchev–Trinajstić information content (AvgIpc) is 2.66. The SMILES string of the molecule is CCOc1cc(CNC(=O)C(C)C(N)c2ccccc2)ccc1OC. The molecule has 1 amide bonds. The molecule has 0 aliphatic heterocycles. The highest BCUT2D eigenvalue weighted by Gasteiger charge is 2.21. The first kappa shape index (κ1) is 18.8. The van der Waals surface area contributed by atoms with Crippen molar-refractivity contribution >= 4 is 5.91 Å². The molecule has 0 bridgehead atoms. The number of ether oxygens (including phenoxy) is 2. The van der Waals surface area contributed by atoms with Crippen molar-refractivity contribution in [1.29, 1.82) is 0 Å². The molecular weight excluding hydrogens is 316 g/mol. The van der Waals surface area contributed by atoms with Crippen LogP contribution in [0.5, 0.6) is 11.5 Å². The van der Waals surface area contributed by atoms with Crippen LogP contribution < -0.4 is 20.5 Å². The van der Waals surface area contributed by atoms with Crippen molar-refractivity contribution in [2.45, 2.75) is 26.4 Å². The van der Waals surface area contributed by atoms with Crippen LogP contribution in [0.3, 0.4) is 0 Å². The first-order valence-corrected chi connectivity index (χ1v) is 8.44. The molecule has 25 heavy (non-hydrogen) atoms. The lowest BCUT2D eigenvalue weighted by atomic mass is 9.94. The lowest BCUT2D eigenvalue weighted by Gasteiger charge is -2.20. The normalized spacial score (nSPS) is 13.0. The van der Waals surface area contributed by atoms with Gasteiger partial charge in [0.2, 0.25) is 5.91 Å². The summed E-state index contributed by atoms with van der Waals surface area (Å²) < 4.78 is 10.8. The lowest BCUT2D eigenvalue weighted by Crippen LogP contribution is -2.35. The number of methoxy groups -OCH3 is 1. The second-order valence-corrected chi connectivity index (χ2v) is 5.86. The maximum absolute atomic E-state index is 12.4. The van der Waals surface area contributed by atoms with E-state index in [9.17, 15) is 4.79 Å². The van der Waals surface area contributed by atoms with Crippen LogP contribution >= 0.6 is 0 Å². The van der Waals surface area contributed by atoms with Gasteiger partial charge in [-0.1, -0.05) is 43.3 Å². The van der Waals surface area contributed by atoms with E-state index in [-0.39, 0.29) is 17.9 Å². The molecule has 0 saturated heterocycles. The summed E-state index contributed by atoms with van der Waals surface area (Å²) >= 11 is 0. The second-order valence-electron chi connectivity index (χ2n) is 5.86. The third-order valence-corrected chi connectivity index (χ3v) is 4.13. The maximum Gasteiger partial charge on any atom is 0.225 e. The number of nitrogens with two attached hydrogens (primary N) is 1. The van der Waals surface area contributed by atoms with Crippen LogP contribution in [0.1, 0.15) is 31.0 Å². The Bertz CT molecular complexity index is 689. The summed E-state index contributed by atoms with van der Waals surface area (Å²) in [5, 5.41) is 2.94. The first-order chi connectivity index (χ1) is 12.1. The van der Waals surface area contributed by atoms with E-state index in [1.54, 1.807) is 7.11 Å². The molecule has 2 rings (SSSR count). The van der Waals surface area contributed by atoms with Crippen LogP contribution in [0.4, 0.5) is 0 Å². The minimum Gasteiger partial charge on any atom is -0.493 e. The number of hydrogen-bond acceptors (Lipinski definition) is 4. The Hall–Kier alpha value is -2.53. The van der Waals surface area contributed by atoms with Gasteiger partial charge in [-0.2, -0.15) is 0 Å². The summed E-state index contributed by atoms with van der Waals surface area (Å²) in [4.78, 5) is 12.4. The van der Waals surface area contributed by atoms with Gasteiger partial charge in [-0.3, -0.25) is 4.79 Å². The number of benzene rings is 2. The monoisotopic (exact) mass is 342 g/mol. The maximum atomic E-state index is 12.4. The fourth-order valence-electron chi connectivity index (χ4n) is 2.58. The molecule has 2 aromatic carbocycles. The quantitative estimate of drug-likeness (QED) is 0.773. The van der Waals surface area contributed by atoms with Crippen molar-refractivity contribution in [2.75, 3.05) is 13.7 Å². The van der Waals surface area contributed by atoms with Crippen molar-refractivity contribution in [1.82, 2.24) is 5.32 Å². The highest BCUT2D eigenvalue weighted by Crippen LogP contribution is 2.28.